The highest BCUT2D eigenvalue weighted by Crippen LogP contribution is 2.48. The Hall–Kier alpha value is -4.09. The number of aromatic nitrogens is 3. The molecule has 0 radical (unpaired) electrons. The molecule has 2 amide bonds. The average molecular weight is 592 g/mol. The van der Waals surface area contributed by atoms with Gasteiger partial charge in [-0.1, -0.05) is 44.2 Å². The second kappa shape index (κ2) is 10.9. The van der Waals surface area contributed by atoms with Crippen LogP contribution in [0.4, 0.5) is 13.2 Å². The Morgan fingerprint density at radius 2 is 1.88 bits per heavy atom. The van der Waals surface area contributed by atoms with Gasteiger partial charge >= 0.3 is 6.55 Å². The molecule has 2 aromatic carbocycles. The lowest BCUT2D eigenvalue weighted by molar-refractivity contribution is -0.134. The van der Waals surface area contributed by atoms with Crippen LogP contribution in [0.1, 0.15) is 62.3 Å². The SMILES string of the molecule is CC1(C)CN(Cc2ccc(-c3ccn(C(F)F)n3)cc2)CC[C@@]1(O)c1ccc2ncc(C3CCC(=O)NC3=O)cc2c1F. The molecule has 0 spiro atoms. The molecule has 0 saturated carbocycles. The number of fused-ring (bicyclic) bond motifs is 1. The number of hydrogen-bond donors (Lipinski definition) is 2. The Kier molecular flexibility index (Phi) is 7.34. The quantitative estimate of drug-likeness (QED) is 0.297. The van der Waals surface area contributed by atoms with Gasteiger partial charge in [0.05, 0.1) is 22.7 Å². The Morgan fingerprint density at radius 1 is 1.12 bits per heavy atom. The monoisotopic (exact) mass is 591 g/mol. The highest BCUT2D eigenvalue weighted by molar-refractivity contribution is 6.01. The molecule has 2 aromatic heterocycles. The molecule has 6 rings (SSSR count). The van der Waals surface area contributed by atoms with Gasteiger partial charge in [-0.05, 0) is 42.2 Å². The predicted molar refractivity (Wildman–Crippen MR) is 153 cm³/mol. The Bertz CT molecular complexity index is 1700. The lowest BCUT2D eigenvalue weighted by Gasteiger charge is -2.50. The van der Waals surface area contributed by atoms with Crippen molar-refractivity contribution in [2.45, 2.75) is 57.7 Å². The predicted octanol–water partition coefficient (Wildman–Crippen LogP) is 5.27. The maximum atomic E-state index is 16.2. The van der Waals surface area contributed by atoms with Gasteiger partial charge in [-0.3, -0.25) is 24.8 Å². The molecule has 4 heterocycles. The largest absolute Gasteiger partial charge is 0.384 e. The van der Waals surface area contributed by atoms with Crippen LogP contribution in [0.25, 0.3) is 22.2 Å². The van der Waals surface area contributed by atoms with Crippen molar-refractivity contribution in [2.75, 3.05) is 13.1 Å². The Balaban J connectivity index is 1.20. The third-order valence-corrected chi connectivity index (χ3v) is 8.90. The van der Waals surface area contributed by atoms with Crippen molar-refractivity contribution in [3.8, 4) is 11.3 Å². The highest BCUT2D eigenvalue weighted by Gasteiger charge is 2.50. The van der Waals surface area contributed by atoms with Crippen LogP contribution < -0.4 is 5.32 Å². The molecule has 11 heteroatoms. The molecule has 2 atom stereocenters. The number of rotatable bonds is 6. The Morgan fingerprint density at radius 3 is 2.56 bits per heavy atom. The second-order valence-corrected chi connectivity index (χ2v) is 12.1. The molecule has 0 bridgehead atoms. The van der Waals surface area contributed by atoms with Crippen LogP contribution in [-0.4, -0.2) is 49.7 Å². The molecule has 4 aromatic rings. The van der Waals surface area contributed by atoms with Crippen LogP contribution in [0, 0.1) is 11.2 Å². The molecule has 8 nitrogen and oxygen atoms in total. The zero-order valence-corrected chi connectivity index (χ0v) is 23.9. The van der Waals surface area contributed by atoms with Gasteiger partial charge in [0.2, 0.25) is 11.8 Å². The topological polar surface area (TPSA) is 100 Å². The van der Waals surface area contributed by atoms with Gasteiger partial charge in [0.1, 0.15) is 5.82 Å². The number of carbonyl (C=O) groups excluding carboxylic acids is 2. The van der Waals surface area contributed by atoms with Crippen LogP contribution in [0.15, 0.2) is 60.9 Å². The number of amides is 2. The normalized spacial score (nSPS) is 22.7. The molecule has 2 aliphatic rings. The van der Waals surface area contributed by atoms with E-state index < -0.39 is 35.2 Å². The fourth-order valence-electron chi connectivity index (χ4n) is 6.40. The lowest BCUT2D eigenvalue weighted by atomic mass is 9.66. The van der Waals surface area contributed by atoms with Crippen LogP contribution in [0.3, 0.4) is 0 Å². The summed E-state index contributed by atoms with van der Waals surface area (Å²) in [5.74, 6) is -1.90. The van der Waals surface area contributed by atoms with Crippen molar-refractivity contribution in [1.82, 2.24) is 25.0 Å². The van der Waals surface area contributed by atoms with Crippen molar-refractivity contribution in [2.24, 2.45) is 5.41 Å². The van der Waals surface area contributed by atoms with Crippen molar-refractivity contribution >= 4 is 22.7 Å². The first-order valence-corrected chi connectivity index (χ1v) is 14.2. The zero-order chi connectivity index (χ0) is 30.5. The summed E-state index contributed by atoms with van der Waals surface area (Å²) in [7, 11) is 0. The number of halogens is 3. The van der Waals surface area contributed by atoms with E-state index in [1.807, 2.05) is 38.1 Å². The maximum absolute atomic E-state index is 16.2. The van der Waals surface area contributed by atoms with E-state index in [-0.39, 0.29) is 23.3 Å². The van der Waals surface area contributed by atoms with Gasteiger partial charge in [0.15, 0.2) is 0 Å². The molecule has 43 heavy (non-hydrogen) atoms. The highest BCUT2D eigenvalue weighted by atomic mass is 19.3. The van der Waals surface area contributed by atoms with Gasteiger partial charge < -0.3 is 5.11 Å². The summed E-state index contributed by atoms with van der Waals surface area (Å²) in [6.07, 6.45) is 3.63. The smallest absolute Gasteiger partial charge is 0.333 e. The number of aliphatic hydroxyl groups is 1. The summed E-state index contributed by atoms with van der Waals surface area (Å²) >= 11 is 0. The summed E-state index contributed by atoms with van der Waals surface area (Å²) in [6, 6.07) is 14.0. The summed E-state index contributed by atoms with van der Waals surface area (Å²) in [5, 5.41) is 18.5. The number of nitrogens with zero attached hydrogens (tertiary/aromatic N) is 4. The number of likely N-dealkylation sites (tertiary alicyclic amines) is 1. The number of piperidine rings is 2. The van der Waals surface area contributed by atoms with Gasteiger partial charge in [-0.2, -0.15) is 13.9 Å². The van der Waals surface area contributed by atoms with Crippen molar-refractivity contribution in [1.29, 1.82) is 0 Å². The molecule has 2 N–H and O–H groups in total. The number of carbonyl (C=O) groups is 2. The average Bonchev–Trinajstić information content (AvgIpc) is 3.47. The summed E-state index contributed by atoms with van der Waals surface area (Å²) < 4.78 is 42.6. The number of nitrogens with one attached hydrogen (secondary N) is 1. The van der Waals surface area contributed by atoms with Crippen LogP contribution >= 0.6 is 0 Å². The summed E-state index contributed by atoms with van der Waals surface area (Å²) in [6.45, 7) is 2.77. The molecule has 1 unspecified atom stereocenters. The molecule has 2 fully saturated rings. The number of alkyl halides is 2. The standard InChI is InChI=1S/C32H32F3N5O3/c1-31(2)18-39(17-19-3-5-20(6-4-19)25-11-13-40(38-25)30(34)35)14-12-32(31,43)24-8-9-26-23(28(24)33)15-21(16-36-26)22-7-10-27(41)37-29(22)42/h3-6,8-9,11,13,15-16,22,30,43H,7,10,12,14,17-18H2,1-2H3,(H,37,41,42)/t22?,32-/m1/s1. The van der Waals surface area contributed by atoms with Crippen LogP contribution in [0.2, 0.25) is 0 Å². The molecule has 224 valence electrons. The molecule has 2 aliphatic heterocycles. The van der Waals surface area contributed by atoms with Gasteiger partial charge in [0, 0.05) is 60.4 Å². The van der Waals surface area contributed by atoms with E-state index in [9.17, 15) is 23.5 Å². The lowest BCUT2D eigenvalue weighted by Crippen LogP contribution is -2.55. The minimum absolute atomic E-state index is 0.194. The first-order chi connectivity index (χ1) is 20.4. The van der Waals surface area contributed by atoms with E-state index in [2.05, 4.69) is 20.3 Å². The van der Waals surface area contributed by atoms with E-state index >= 15 is 4.39 Å². The number of imide groups is 1. The first-order valence-electron chi connectivity index (χ1n) is 14.2. The minimum Gasteiger partial charge on any atom is -0.384 e. The van der Waals surface area contributed by atoms with E-state index in [4.69, 9.17) is 0 Å². The van der Waals surface area contributed by atoms with E-state index in [1.54, 1.807) is 30.5 Å². The van der Waals surface area contributed by atoms with Crippen LogP contribution in [0.5, 0.6) is 0 Å². The van der Waals surface area contributed by atoms with E-state index in [0.717, 1.165) is 11.1 Å². The molecular weight excluding hydrogens is 559 g/mol. The van der Waals surface area contributed by atoms with Crippen LogP contribution in [-0.2, 0) is 21.7 Å². The fraction of sp³-hybridized carbons (Fsp3) is 0.375. The Labute approximate surface area is 246 Å². The van der Waals surface area contributed by atoms with Crippen molar-refractivity contribution < 1.29 is 27.9 Å². The third-order valence-electron chi connectivity index (χ3n) is 8.90. The first kappa shape index (κ1) is 29.0. The zero-order valence-electron chi connectivity index (χ0n) is 23.9. The van der Waals surface area contributed by atoms with E-state index in [0.29, 0.717) is 53.9 Å². The minimum atomic E-state index is -2.69. The third kappa shape index (κ3) is 5.31. The van der Waals surface area contributed by atoms with Crippen molar-refractivity contribution in [3.05, 3.63) is 83.4 Å². The second-order valence-electron chi connectivity index (χ2n) is 12.1. The summed E-state index contributed by atoms with van der Waals surface area (Å²) in [4.78, 5) is 30.6. The van der Waals surface area contributed by atoms with Gasteiger partial charge in [0.25, 0.3) is 0 Å². The molecule has 2 saturated heterocycles. The maximum Gasteiger partial charge on any atom is 0.333 e. The number of benzene rings is 2. The fourth-order valence-corrected chi connectivity index (χ4v) is 6.40. The van der Waals surface area contributed by atoms with Crippen molar-refractivity contribution in [3.63, 3.8) is 0 Å². The molecule has 0 aliphatic carbocycles. The number of pyridine rings is 1. The van der Waals surface area contributed by atoms with E-state index in [1.165, 1.54) is 6.20 Å². The number of hydrogen-bond acceptors (Lipinski definition) is 6. The van der Waals surface area contributed by atoms with Gasteiger partial charge in [-0.15, -0.1) is 0 Å². The van der Waals surface area contributed by atoms with Gasteiger partial charge in [-0.25, -0.2) is 9.07 Å². The molecular formula is C32H32F3N5O3. The summed E-state index contributed by atoms with van der Waals surface area (Å²) in [5.41, 5.74) is 1.17.